The largest absolute Gasteiger partial charge is 0.497 e. The van der Waals surface area contributed by atoms with Crippen molar-refractivity contribution >= 4 is 22.4 Å². The maximum atomic E-state index is 12.2. The summed E-state index contributed by atoms with van der Waals surface area (Å²) in [5.74, 6) is 1.47. The van der Waals surface area contributed by atoms with Gasteiger partial charge in [-0.05, 0) is 61.7 Å². The van der Waals surface area contributed by atoms with Crippen LogP contribution in [0.4, 0.5) is 5.69 Å². The van der Waals surface area contributed by atoms with Crippen LogP contribution in [-0.4, -0.2) is 19.4 Å². The van der Waals surface area contributed by atoms with Crippen LogP contribution in [0.25, 0.3) is 11.0 Å². The lowest BCUT2D eigenvalue weighted by molar-refractivity contribution is 0.369. The third-order valence-electron chi connectivity index (χ3n) is 5.12. The summed E-state index contributed by atoms with van der Waals surface area (Å²) in [6, 6.07) is 9.72. The van der Waals surface area contributed by atoms with E-state index in [4.69, 9.17) is 18.9 Å². The Morgan fingerprint density at radius 2 is 1.89 bits per heavy atom. The predicted molar refractivity (Wildman–Crippen MR) is 106 cm³/mol. The lowest BCUT2D eigenvalue weighted by Crippen LogP contribution is -2.17. The van der Waals surface area contributed by atoms with Gasteiger partial charge in [-0.1, -0.05) is 6.92 Å². The Morgan fingerprint density at radius 1 is 1.15 bits per heavy atom. The quantitative estimate of drug-likeness (QED) is 0.643. The molecule has 0 saturated heterocycles. The molecule has 5 heteroatoms. The van der Waals surface area contributed by atoms with Gasteiger partial charge in [0.25, 0.3) is 0 Å². The van der Waals surface area contributed by atoms with Crippen molar-refractivity contribution in [3.8, 4) is 11.5 Å². The molecule has 4 rings (SSSR count). The molecule has 0 amide bonds. The number of aliphatic imine (C=N–C) groups is 1. The molecule has 0 radical (unpaired) electrons. The zero-order valence-corrected chi connectivity index (χ0v) is 15.9. The van der Waals surface area contributed by atoms with E-state index in [0.29, 0.717) is 29.9 Å². The summed E-state index contributed by atoms with van der Waals surface area (Å²) in [6.45, 7) is 6.19. The SMILES string of the molecule is CCc1c(C)c2cc3c(c(C)c2oc1=O)OCC(c1ccc(OC)cc1)=N3. The van der Waals surface area contributed by atoms with E-state index in [1.165, 1.54) is 0 Å². The molecule has 27 heavy (non-hydrogen) atoms. The summed E-state index contributed by atoms with van der Waals surface area (Å²) >= 11 is 0. The van der Waals surface area contributed by atoms with Crippen molar-refractivity contribution in [2.75, 3.05) is 13.7 Å². The average molecular weight is 363 g/mol. The van der Waals surface area contributed by atoms with E-state index in [9.17, 15) is 4.79 Å². The van der Waals surface area contributed by atoms with Gasteiger partial charge in [0.15, 0.2) is 5.75 Å². The molecule has 0 atom stereocenters. The highest BCUT2D eigenvalue weighted by Gasteiger charge is 2.22. The molecule has 0 saturated carbocycles. The van der Waals surface area contributed by atoms with Crippen LogP contribution in [0.2, 0.25) is 0 Å². The van der Waals surface area contributed by atoms with Gasteiger partial charge < -0.3 is 13.9 Å². The second-order valence-corrected chi connectivity index (χ2v) is 6.65. The summed E-state index contributed by atoms with van der Waals surface area (Å²) in [4.78, 5) is 17.1. The van der Waals surface area contributed by atoms with E-state index in [-0.39, 0.29) is 5.63 Å². The number of aryl methyl sites for hydroxylation is 2. The van der Waals surface area contributed by atoms with E-state index in [2.05, 4.69) is 0 Å². The molecule has 0 aliphatic carbocycles. The lowest BCUT2D eigenvalue weighted by Gasteiger charge is -2.20. The highest BCUT2D eigenvalue weighted by Crippen LogP contribution is 2.40. The second kappa shape index (κ2) is 6.58. The first-order valence-corrected chi connectivity index (χ1v) is 8.98. The van der Waals surface area contributed by atoms with Crippen LogP contribution in [0.15, 0.2) is 44.5 Å². The zero-order chi connectivity index (χ0) is 19.1. The number of methoxy groups -OCH3 is 1. The summed E-state index contributed by atoms with van der Waals surface area (Å²) < 4.78 is 16.8. The van der Waals surface area contributed by atoms with Crippen LogP contribution < -0.4 is 15.1 Å². The molecular weight excluding hydrogens is 342 g/mol. The number of benzene rings is 2. The molecular formula is C22H21NO4. The monoisotopic (exact) mass is 363 g/mol. The summed E-state index contributed by atoms with van der Waals surface area (Å²) in [5.41, 5.74) is 5.37. The minimum absolute atomic E-state index is 0.274. The Hall–Kier alpha value is -3.08. The number of ether oxygens (including phenoxy) is 2. The molecule has 1 aliphatic heterocycles. The van der Waals surface area contributed by atoms with Crippen molar-refractivity contribution in [3.63, 3.8) is 0 Å². The summed E-state index contributed by atoms with van der Waals surface area (Å²) in [5, 5.41) is 0.908. The van der Waals surface area contributed by atoms with Gasteiger partial charge in [-0.3, -0.25) is 0 Å². The molecule has 0 N–H and O–H groups in total. The van der Waals surface area contributed by atoms with Gasteiger partial charge in [0, 0.05) is 16.5 Å². The minimum Gasteiger partial charge on any atom is -0.497 e. The van der Waals surface area contributed by atoms with Gasteiger partial charge in [-0.15, -0.1) is 0 Å². The molecule has 138 valence electrons. The third kappa shape index (κ3) is 2.79. The van der Waals surface area contributed by atoms with Gasteiger partial charge in [0.1, 0.15) is 23.6 Å². The van der Waals surface area contributed by atoms with Gasteiger partial charge >= 0.3 is 5.63 Å². The summed E-state index contributed by atoms with van der Waals surface area (Å²) in [7, 11) is 1.64. The zero-order valence-electron chi connectivity index (χ0n) is 15.9. The van der Waals surface area contributed by atoms with Crippen LogP contribution in [0.5, 0.6) is 11.5 Å². The molecule has 0 bridgehead atoms. The highest BCUT2D eigenvalue weighted by molar-refractivity contribution is 6.05. The number of nitrogens with zero attached hydrogens (tertiary/aromatic N) is 1. The molecule has 0 unspecified atom stereocenters. The van der Waals surface area contributed by atoms with Gasteiger partial charge in [0.05, 0.1) is 12.8 Å². The van der Waals surface area contributed by atoms with Crippen LogP contribution >= 0.6 is 0 Å². The van der Waals surface area contributed by atoms with E-state index >= 15 is 0 Å². The van der Waals surface area contributed by atoms with E-state index in [1.807, 2.05) is 51.1 Å². The number of fused-ring (bicyclic) bond motifs is 2. The van der Waals surface area contributed by atoms with E-state index < -0.39 is 0 Å². The number of hydrogen-bond donors (Lipinski definition) is 0. The number of rotatable bonds is 3. The third-order valence-corrected chi connectivity index (χ3v) is 5.12. The maximum absolute atomic E-state index is 12.2. The molecule has 1 aromatic heterocycles. The van der Waals surface area contributed by atoms with Crippen molar-refractivity contribution in [2.45, 2.75) is 27.2 Å². The molecule has 2 heterocycles. The standard InChI is InChI=1S/C22H21NO4/c1-5-16-12(2)17-10-18-21(13(3)20(17)27-22(16)24)26-11-19(23-18)14-6-8-15(25-4)9-7-14/h6-10H,5,11H2,1-4H3. The van der Waals surface area contributed by atoms with Crippen molar-refractivity contribution in [1.82, 2.24) is 0 Å². The Kier molecular flexibility index (Phi) is 4.22. The number of hydrogen-bond acceptors (Lipinski definition) is 5. The Balaban J connectivity index is 1.89. The molecule has 1 aliphatic rings. The van der Waals surface area contributed by atoms with Crippen molar-refractivity contribution < 1.29 is 13.9 Å². The highest BCUT2D eigenvalue weighted by atomic mass is 16.5. The molecule has 5 nitrogen and oxygen atoms in total. The fourth-order valence-electron chi connectivity index (χ4n) is 3.57. The lowest BCUT2D eigenvalue weighted by atomic mass is 10.00. The predicted octanol–water partition coefficient (Wildman–Crippen LogP) is 4.49. The second-order valence-electron chi connectivity index (χ2n) is 6.65. The molecule has 0 fully saturated rings. The van der Waals surface area contributed by atoms with Crippen LogP contribution in [0, 0.1) is 13.8 Å². The fraction of sp³-hybridized carbons (Fsp3) is 0.273. The van der Waals surface area contributed by atoms with Gasteiger partial charge in [-0.2, -0.15) is 0 Å². The minimum atomic E-state index is -0.274. The van der Waals surface area contributed by atoms with Crippen LogP contribution in [0.3, 0.4) is 0 Å². The van der Waals surface area contributed by atoms with Crippen LogP contribution in [0.1, 0.15) is 29.2 Å². The van der Waals surface area contributed by atoms with Crippen LogP contribution in [-0.2, 0) is 6.42 Å². The Morgan fingerprint density at radius 3 is 2.56 bits per heavy atom. The van der Waals surface area contributed by atoms with Crippen molar-refractivity contribution in [1.29, 1.82) is 0 Å². The van der Waals surface area contributed by atoms with Crippen molar-refractivity contribution in [3.05, 3.63) is 63.0 Å². The first-order chi connectivity index (χ1) is 13.0. The molecule has 2 aromatic carbocycles. The van der Waals surface area contributed by atoms with Gasteiger partial charge in [0.2, 0.25) is 0 Å². The summed E-state index contributed by atoms with van der Waals surface area (Å²) in [6.07, 6.45) is 0.636. The Bertz CT molecular complexity index is 1120. The van der Waals surface area contributed by atoms with E-state index in [0.717, 1.165) is 39.2 Å². The smallest absolute Gasteiger partial charge is 0.339 e. The first kappa shape index (κ1) is 17.3. The average Bonchev–Trinajstić information content (AvgIpc) is 2.69. The van der Waals surface area contributed by atoms with Crippen molar-refractivity contribution in [2.24, 2.45) is 4.99 Å². The maximum Gasteiger partial charge on any atom is 0.339 e. The molecule has 0 spiro atoms. The van der Waals surface area contributed by atoms with Gasteiger partial charge in [-0.25, -0.2) is 9.79 Å². The normalized spacial score (nSPS) is 13.1. The van der Waals surface area contributed by atoms with E-state index in [1.54, 1.807) is 7.11 Å². The fourth-order valence-corrected chi connectivity index (χ4v) is 3.57. The Labute approximate surface area is 157 Å². The molecule has 3 aromatic rings. The topological polar surface area (TPSA) is 61.0 Å². The first-order valence-electron chi connectivity index (χ1n) is 8.98.